The number of benzene rings is 2. The third-order valence-corrected chi connectivity index (χ3v) is 7.89. The summed E-state index contributed by atoms with van der Waals surface area (Å²) in [6, 6.07) is 17.4. The smallest absolute Gasteiger partial charge is 0.228 e. The summed E-state index contributed by atoms with van der Waals surface area (Å²) in [6.45, 7) is 6.75. The van der Waals surface area contributed by atoms with Gasteiger partial charge in [0, 0.05) is 49.6 Å². The monoisotopic (exact) mass is 425 g/mol. The lowest BCUT2D eigenvalue weighted by molar-refractivity contribution is 0.0205. The van der Waals surface area contributed by atoms with Gasteiger partial charge in [-0.1, -0.05) is 42.5 Å². The molecule has 4 heteroatoms. The Morgan fingerprint density at radius 1 is 0.938 bits per heavy atom. The molecule has 0 aromatic heterocycles. The number of hydrogen-bond donors (Lipinski definition) is 0. The number of allylic oxidation sites excluding steroid dienone is 2. The highest BCUT2D eigenvalue weighted by molar-refractivity contribution is 5.86. The summed E-state index contributed by atoms with van der Waals surface area (Å²) >= 11 is 0. The zero-order valence-electron chi connectivity index (χ0n) is 19.3. The van der Waals surface area contributed by atoms with Crippen molar-refractivity contribution in [1.29, 1.82) is 0 Å². The maximum Gasteiger partial charge on any atom is 0.228 e. The topological polar surface area (TPSA) is 28.1 Å². The summed E-state index contributed by atoms with van der Waals surface area (Å²) in [5.74, 6) is 0.914. The van der Waals surface area contributed by atoms with E-state index >= 15 is 0 Å². The molecule has 2 aromatic rings. The molecule has 1 unspecified atom stereocenters. The first-order valence-corrected chi connectivity index (χ1v) is 11.9. The first-order chi connectivity index (χ1) is 15.5. The number of rotatable bonds is 1. The summed E-state index contributed by atoms with van der Waals surface area (Å²) in [7, 11) is 2.13. The highest BCUT2D eigenvalue weighted by Gasteiger charge is 2.58. The number of aliphatic imine (C=N–C) groups is 1. The fourth-order valence-electron chi connectivity index (χ4n) is 5.96. The van der Waals surface area contributed by atoms with Crippen molar-refractivity contribution in [2.45, 2.75) is 50.7 Å². The number of likely N-dealkylation sites (N-methyl/N-ethyl adjacent to an activating group) is 1. The van der Waals surface area contributed by atoms with Crippen molar-refractivity contribution < 1.29 is 4.74 Å². The molecule has 164 valence electrons. The quantitative estimate of drug-likeness (QED) is 0.603. The Morgan fingerprint density at radius 2 is 1.69 bits per heavy atom. The molecule has 0 N–H and O–H groups in total. The van der Waals surface area contributed by atoms with Gasteiger partial charge >= 0.3 is 0 Å². The highest BCUT2D eigenvalue weighted by atomic mass is 16.5. The van der Waals surface area contributed by atoms with Crippen molar-refractivity contribution in [3.8, 4) is 0 Å². The zero-order valence-corrected chi connectivity index (χ0v) is 19.3. The molecule has 1 spiro atoms. The van der Waals surface area contributed by atoms with Gasteiger partial charge in [0.2, 0.25) is 5.72 Å². The van der Waals surface area contributed by atoms with Gasteiger partial charge in [-0.3, -0.25) is 4.99 Å². The molecular weight excluding hydrogens is 394 g/mol. The SMILES string of the molecule is CN1c2ccccc2C(C)(C)C12C=NC1=C(C=C(N3CCCCC3)c3ccccc3C1)O2. The summed E-state index contributed by atoms with van der Waals surface area (Å²) in [5, 5.41) is 0. The number of hydrogen-bond acceptors (Lipinski definition) is 4. The van der Waals surface area contributed by atoms with Gasteiger partial charge < -0.3 is 14.5 Å². The van der Waals surface area contributed by atoms with Gasteiger partial charge in [0.1, 0.15) is 5.76 Å². The fourth-order valence-corrected chi connectivity index (χ4v) is 5.96. The molecule has 2 aromatic carbocycles. The van der Waals surface area contributed by atoms with Gasteiger partial charge in [-0.25, -0.2) is 0 Å². The molecule has 4 nitrogen and oxygen atoms in total. The van der Waals surface area contributed by atoms with Crippen molar-refractivity contribution in [1.82, 2.24) is 4.90 Å². The van der Waals surface area contributed by atoms with E-state index in [2.05, 4.69) is 85.3 Å². The van der Waals surface area contributed by atoms with Crippen molar-refractivity contribution in [3.05, 3.63) is 82.8 Å². The van der Waals surface area contributed by atoms with Crippen LogP contribution in [0.15, 0.2) is 71.1 Å². The molecule has 0 amide bonds. The number of para-hydroxylation sites is 1. The lowest BCUT2D eigenvalue weighted by Crippen LogP contribution is -2.58. The van der Waals surface area contributed by atoms with Gasteiger partial charge in [0.05, 0.1) is 17.3 Å². The Labute approximate surface area is 190 Å². The second-order valence-corrected chi connectivity index (χ2v) is 9.98. The van der Waals surface area contributed by atoms with Gasteiger partial charge in [0.25, 0.3) is 0 Å². The van der Waals surface area contributed by atoms with Gasteiger partial charge in [-0.2, -0.15) is 0 Å². The maximum absolute atomic E-state index is 7.03. The van der Waals surface area contributed by atoms with Crippen LogP contribution in [-0.4, -0.2) is 37.0 Å². The lowest BCUT2D eigenvalue weighted by Gasteiger charge is -2.45. The summed E-state index contributed by atoms with van der Waals surface area (Å²) in [4.78, 5) is 9.89. The average molecular weight is 426 g/mol. The van der Waals surface area contributed by atoms with E-state index in [1.165, 1.54) is 47.3 Å². The van der Waals surface area contributed by atoms with E-state index in [9.17, 15) is 0 Å². The molecular formula is C28H31N3O. The molecule has 6 rings (SSSR count). The van der Waals surface area contributed by atoms with E-state index in [1.807, 2.05) is 6.21 Å². The number of likely N-dealkylation sites (tertiary alicyclic amines) is 1. The van der Waals surface area contributed by atoms with Crippen LogP contribution in [0.5, 0.6) is 0 Å². The Kier molecular flexibility index (Phi) is 4.30. The van der Waals surface area contributed by atoms with Crippen LogP contribution >= 0.6 is 0 Å². The van der Waals surface area contributed by atoms with Crippen LogP contribution in [-0.2, 0) is 16.6 Å². The minimum atomic E-state index is -0.643. The second kappa shape index (κ2) is 6.99. The standard InChI is InChI=1S/C28H31N3O/c1-27(2)22-13-7-8-14-24(22)30(3)28(27)19-29-23-17-20-11-5-6-12-21(20)25(18-26(23)32-28)31-15-9-4-10-16-31/h5-8,11-14,18-19H,4,9-10,15-17H2,1-3H3. The third kappa shape index (κ3) is 2.65. The van der Waals surface area contributed by atoms with Crippen LogP contribution in [0.1, 0.15) is 49.8 Å². The number of ether oxygens (including phenoxy) is 1. The van der Waals surface area contributed by atoms with Crippen LogP contribution in [0.4, 0.5) is 5.69 Å². The molecule has 0 radical (unpaired) electrons. The molecule has 1 fully saturated rings. The molecule has 0 saturated carbocycles. The summed E-state index contributed by atoms with van der Waals surface area (Å²) in [6.07, 6.45) is 8.94. The Balaban J connectivity index is 1.47. The lowest BCUT2D eigenvalue weighted by atomic mass is 9.77. The number of anilines is 1. The zero-order chi connectivity index (χ0) is 21.9. The second-order valence-electron chi connectivity index (χ2n) is 9.98. The molecule has 3 heterocycles. The van der Waals surface area contributed by atoms with Crippen LogP contribution in [0.3, 0.4) is 0 Å². The third-order valence-electron chi connectivity index (χ3n) is 7.89. The van der Waals surface area contributed by atoms with Crippen molar-refractivity contribution in [2.75, 3.05) is 25.0 Å². The molecule has 3 aliphatic heterocycles. The van der Waals surface area contributed by atoms with E-state index in [0.29, 0.717) is 0 Å². The van der Waals surface area contributed by atoms with E-state index in [1.54, 1.807) is 0 Å². The Hall–Kier alpha value is -3.01. The van der Waals surface area contributed by atoms with Crippen molar-refractivity contribution in [3.63, 3.8) is 0 Å². The largest absolute Gasteiger partial charge is 0.460 e. The first kappa shape index (κ1) is 19.7. The van der Waals surface area contributed by atoms with Crippen molar-refractivity contribution >= 4 is 17.6 Å². The summed E-state index contributed by atoms with van der Waals surface area (Å²) < 4.78 is 7.03. The van der Waals surface area contributed by atoms with Crippen LogP contribution < -0.4 is 4.90 Å². The predicted octanol–water partition coefficient (Wildman–Crippen LogP) is 5.51. The maximum atomic E-state index is 7.03. The van der Waals surface area contributed by atoms with Gasteiger partial charge in [-0.05, 0) is 50.3 Å². The molecule has 32 heavy (non-hydrogen) atoms. The normalized spacial score (nSPS) is 25.7. The molecule has 0 bridgehead atoms. The average Bonchev–Trinajstić information content (AvgIpc) is 2.94. The van der Waals surface area contributed by atoms with Crippen LogP contribution in [0.25, 0.3) is 5.70 Å². The number of piperidine rings is 1. The first-order valence-electron chi connectivity index (χ1n) is 11.9. The minimum absolute atomic E-state index is 0.237. The van der Waals surface area contributed by atoms with E-state index in [4.69, 9.17) is 9.73 Å². The molecule has 1 saturated heterocycles. The fraction of sp³-hybridized carbons (Fsp3) is 0.393. The van der Waals surface area contributed by atoms with E-state index in [0.717, 1.165) is 31.0 Å². The highest BCUT2D eigenvalue weighted by Crippen LogP contribution is 2.53. The van der Waals surface area contributed by atoms with Crippen molar-refractivity contribution in [2.24, 2.45) is 4.99 Å². The van der Waals surface area contributed by atoms with E-state index < -0.39 is 5.72 Å². The number of fused-ring (bicyclic) bond motifs is 2. The molecule has 1 aliphatic carbocycles. The van der Waals surface area contributed by atoms with Gasteiger partial charge in [-0.15, -0.1) is 0 Å². The Bertz CT molecular complexity index is 1170. The van der Waals surface area contributed by atoms with Crippen LogP contribution in [0, 0.1) is 0 Å². The molecule has 1 atom stereocenters. The minimum Gasteiger partial charge on any atom is -0.460 e. The molecule has 4 aliphatic rings. The number of nitrogens with zero attached hydrogens (tertiary/aromatic N) is 3. The Morgan fingerprint density at radius 3 is 2.50 bits per heavy atom. The van der Waals surface area contributed by atoms with E-state index in [-0.39, 0.29) is 5.41 Å². The summed E-state index contributed by atoms with van der Waals surface area (Å²) in [5.41, 5.74) is 6.59. The van der Waals surface area contributed by atoms with Gasteiger partial charge in [0.15, 0.2) is 0 Å². The predicted molar refractivity (Wildman–Crippen MR) is 131 cm³/mol. The van der Waals surface area contributed by atoms with Crippen LogP contribution in [0.2, 0.25) is 0 Å².